The molecule has 1 aliphatic rings. The first-order valence-electron chi connectivity index (χ1n) is 11.2. The molecule has 1 amide bonds. The van der Waals surface area contributed by atoms with Crippen molar-refractivity contribution in [3.8, 4) is 11.3 Å². The zero-order valence-corrected chi connectivity index (χ0v) is 19.6. The molecule has 1 N–H and O–H groups in total. The van der Waals surface area contributed by atoms with E-state index in [0.717, 1.165) is 42.4 Å². The Bertz CT molecular complexity index is 1090. The molecule has 0 aliphatic carbocycles. The highest BCUT2D eigenvalue weighted by atomic mass is 32.2. The van der Waals surface area contributed by atoms with Crippen molar-refractivity contribution in [1.82, 2.24) is 19.8 Å². The van der Waals surface area contributed by atoms with Gasteiger partial charge in [0.05, 0.1) is 17.1 Å². The Hall–Kier alpha value is -2.78. The molecule has 0 bridgehead atoms. The predicted octanol–water partition coefficient (Wildman–Crippen LogP) is 4.98. The van der Waals surface area contributed by atoms with Crippen molar-refractivity contribution in [2.24, 2.45) is 0 Å². The molecule has 0 spiro atoms. The molecule has 1 aliphatic heterocycles. The maximum atomic E-state index is 13.3. The SMILES string of the molecule is CC(Sc1ncc(-c2ccccc2)n1CC(F)(F)F)C(=O)NC1CCN(Cc2ccccc2)C1. The summed E-state index contributed by atoms with van der Waals surface area (Å²) < 4.78 is 41.1. The number of halogens is 3. The van der Waals surface area contributed by atoms with Gasteiger partial charge in [0.1, 0.15) is 6.54 Å². The number of nitrogens with zero attached hydrogens (tertiary/aromatic N) is 3. The summed E-state index contributed by atoms with van der Waals surface area (Å²) >= 11 is 1.05. The molecule has 5 nitrogen and oxygen atoms in total. The molecule has 3 aromatic rings. The smallest absolute Gasteiger partial charge is 0.351 e. The third-order valence-corrected chi connectivity index (χ3v) is 6.85. The van der Waals surface area contributed by atoms with E-state index in [0.29, 0.717) is 11.3 Å². The number of thioether (sulfide) groups is 1. The van der Waals surface area contributed by atoms with Crippen LogP contribution in [0.25, 0.3) is 11.3 Å². The molecule has 1 saturated heterocycles. The summed E-state index contributed by atoms with van der Waals surface area (Å²) in [5.74, 6) is -0.195. The molecule has 2 aromatic carbocycles. The quantitative estimate of drug-likeness (QED) is 0.454. The summed E-state index contributed by atoms with van der Waals surface area (Å²) in [7, 11) is 0. The van der Waals surface area contributed by atoms with Crippen LogP contribution in [0.2, 0.25) is 0 Å². The molecule has 4 rings (SSSR count). The Kier molecular flexibility index (Phi) is 7.63. The van der Waals surface area contributed by atoms with Crippen LogP contribution in [0.15, 0.2) is 72.0 Å². The molecule has 0 radical (unpaired) electrons. The van der Waals surface area contributed by atoms with Crippen LogP contribution in [-0.2, 0) is 17.9 Å². The number of rotatable bonds is 8. The highest BCUT2D eigenvalue weighted by molar-refractivity contribution is 8.00. The van der Waals surface area contributed by atoms with Gasteiger partial charge < -0.3 is 9.88 Å². The Balaban J connectivity index is 1.39. The minimum absolute atomic E-state index is 0.0223. The minimum atomic E-state index is -4.41. The Morgan fingerprint density at radius 3 is 2.50 bits per heavy atom. The summed E-state index contributed by atoms with van der Waals surface area (Å²) in [5.41, 5.74) is 2.25. The molecule has 2 unspecified atom stereocenters. The Morgan fingerprint density at radius 1 is 1.15 bits per heavy atom. The average Bonchev–Trinajstić information content (AvgIpc) is 3.40. The number of likely N-dealkylation sites (tertiary alicyclic amines) is 1. The average molecular weight is 489 g/mol. The number of carbonyl (C=O) groups excluding carboxylic acids is 1. The van der Waals surface area contributed by atoms with E-state index in [2.05, 4.69) is 27.3 Å². The van der Waals surface area contributed by atoms with Gasteiger partial charge in [-0.25, -0.2) is 4.98 Å². The van der Waals surface area contributed by atoms with Gasteiger partial charge in [0.25, 0.3) is 0 Å². The zero-order valence-electron chi connectivity index (χ0n) is 18.8. The molecule has 34 heavy (non-hydrogen) atoms. The van der Waals surface area contributed by atoms with Gasteiger partial charge in [-0.3, -0.25) is 9.69 Å². The van der Waals surface area contributed by atoms with Gasteiger partial charge in [0, 0.05) is 25.7 Å². The summed E-state index contributed by atoms with van der Waals surface area (Å²) in [5, 5.41) is 2.65. The fourth-order valence-corrected chi connectivity index (χ4v) is 4.99. The summed E-state index contributed by atoms with van der Waals surface area (Å²) in [6, 6.07) is 19.0. The largest absolute Gasteiger partial charge is 0.406 e. The maximum absolute atomic E-state index is 13.3. The second-order valence-electron chi connectivity index (χ2n) is 8.47. The number of alkyl halides is 3. The van der Waals surface area contributed by atoms with E-state index in [4.69, 9.17) is 0 Å². The molecule has 180 valence electrons. The highest BCUT2D eigenvalue weighted by Crippen LogP contribution is 2.32. The minimum Gasteiger partial charge on any atom is -0.351 e. The summed E-state index contributed by atoms with van der Waals surface area (Å²) in [4.78, 5) is 19.4. The first-order chi connectivity index (χ1) is 16.3. The summed E-state index contributed by atoms with van der Waals surface area (Å²) in [6.07, 6.45) is -2.12. The van der Waals surface area contributed by atoms with Crippen LogP contribution in [0.3, 0.4) is 0 Å². The third kappa shape index (κ3) is 6.42. The molecule has 2 heterocycles. The van der Waals surface area contributed by atoms with Crippen LogP contribution in [0, 0.1) is 0 Å². The fourth-order valence-electron chi connectivity index (χ4n) is 4.09. The van der Waals surface area contributed by atoms with E-state index in [-0.39, 0.29) is 17.1 Å². The number of benzene rings is 2. The number of carbonyl (C=O) groups is 1. The monoisotopic (exact) mass is 488 g/mol. The van der Waals surface area contributed by atoms with Gasteiger partial charge in [-0.05, 0) is 24.5 Å². The number of aromatic nitrogens is 2. The van der Waals surface area contributed by atoms with E-state index in [1.807, 2.05) is 18.2 Å². The first kappa shape index (κ1) is 24.3. The topological polar surface area (TPSA) is 50.2 Å². The second-order valence-corrected chi connectivity index (χ2v) is 9.78. The van der Waals surface area contributed by atoms with Gasteiger partial charge in [0.2, 0.25) is 5.91 Å². The molecule has 2 atom stereocenters. The Labute approximate surface area is 201 Å². The number of hydrogen-bond donors (Lipinski definition) is 1. The van der Waals surface area contributed by atoms with Crippen molar-refractivity contribution >= 4 is 17.7 Å². The first-order valence-corrected chi connectivity index (χ1v) is 12.1. The van der Waals surface area contributed by atoms with Gasteiger partial charge in [-0.2, -0.15) is 13.2 Å². The van der Waals surface area contributed by atoms with E-state index in [1.165, 1.54) is 11.8 Å². The maximum Gasteiger partial charge on any atom is 0.406 e. The van der Waals surface area contributed by atoms with Crippen LogP contribution >= 0.6 is 11.8 Å². The lowest BCUT2D eigenvalue weighted by molar-refractivity contribution is -0.141. The normalized spacial score (nSPS) is 17.6. The van der Waals surface area contributed by atoms with Crippen molar-refractivity contribution in [2.45, 2.75) is 49.1 Å². The molecular weight excluding hydrogens is 461 g/mol. The number of nitrogens with one attached hydrogen (secondary N) is 1. The standard InChI is InChI=1S/C25H27F3N4OS/c1-18(23(33)30-21-12-13-31(16-21)15-19-8-4-2-5-9-19)34-24-29-14-22(20-10-6-3-7-11-20)32(24)17-25(26,27)28/h2-11,14,18,21H,12-13,15-17H2,1H3,(H,30,33). The molecule has 1 aromatic heterocycles. The van der Waals surface area contributed by atoms with Crippen LogP contribution in [0.1, 0.15) is 18.9 Å². The van der Waals surface area contributed by atoms with Crippen molar-refractivity contribution in [1.29, 1.82) is 0 Å². The molecular formula is C25H27F3N4OS. The summed E-state index contributed by atoms with van der Waals surface area (Å²) in [6.45, 7) is 3.00. The van der Waals surface area contributed by atoms with Crippen molar-refractivity contribution in [3.05, 3.63) is 72.4 Å². The molecule has 0 saturated carbocycles. The fraction of sp³-hybridized carbons (Fsp3) is 0.360. The van der Waals surface area contributed by atoms with Gasteiger partial charge in [0.15, 0.2) is 5.16 Å². The van der Waals surface area contributed by atoms with Crippen molar-refractivity contribution in [3.63, 3.8) is 0 Å². The van der Waals surface area contributed by atoms with Crippen LogP contribution in [-0.4, -0.2) is 50.9 Å². The van der Waals surface area contributed by atoms with Crippen LogP contribution in [0.4, 0.5) is 13.2 Å². The van der Waals surface area contributed by atoms with Crippen molar-refractivity contribution in [2.75, 3.05) is 13.1 Å². The van der Waals surface area contributed by atoms with Gasteiger partial charge >= 0.3 is 6.18 Å². The predicted molar refractivity (Wildman–Crippen MR) is 127 cm³/mol. The number of imidazole rings is 1. The number of amides is 1. The lowest BCUT2D eigenvalue weighted by atomic mass is 10.2. The lowest BCUT2D eigenvalue weighted by Gasteiger charge is -2.19. The third-order valence-electron chi connectivity index (χ3n) is 5.75. The van der Waals surface area contributed by atoms with Gasteiger partial charge in [-0.15, -0.1) is 0 Å². The van der Waals surface area contributed by atoms with E-state index in [1.54, 1.807) is 37.3 Å². The highest BCUT2D eigenvalue weighted by Gasteiger charge is 2.32. The lowest BCUT2D eigenvalue weighted by Crippen LogP contribution is -2.41. The van der Waals surface area contributed by atoms with E-state index in [9.17, 15) is 18.0 Å². The number of hydrogen-bond acceptors (Lipinski definition) is 4. The molecule has 9 heteroatoms. The Morgan fingerprint density at radius 2 is 1.82 bits per heavy atom. The molecule has 1 fully saturated rings. The van der Waals surface area contributed by atoms with E-state index < -0.39 is 18.0 Å². The second kappa shape index (κ2) is 10.7. The zero-order chi connectivity index (χ0) is 24.1. The van der Waals surface area contributed by atoms with Crippen molar-refractivity contribution < 1.29 is 18.0 Å². The van der Waals surface area contributed by atoms with Crippen LogP contribution in [0.5, 0.6) is 0 Å². The van der Waals surface area contributed by atoms with E-state index >= 15 is 0 Å². The van der Waals surface area contributed by atoms with Crippen LogP contribution < -0.4 is 5.32 Å². The van der Waals surface area contributed by atoms with Gasteiger partial charge in [-0.1, -0.05) is 72.4 Å².